The summed E-state index contributed by atoms with van der Waals surface area (Å²) < 4.78 is 0. The predicted octanol–water partition coefficient (Wildman–Crippen LogP) is 3.55. The molecule has 0 radical (unpaired) electrons. The molecule has 1 fully saturated rings. The van der Waals surface area contributed by atoms with E-state index in [1.807, 2.05) is 18.5 Å². The number of benzene rings is 1. The van der Waals surface area contributed by atoms with Gasteiger partial charge in [-0.3, -0.25) is 9.98 Å². The number of anilines is 1. The van der Waals surface area contributed by atoms with Crippen molar-refractivity contribution in [3.63, 3.8) is 0 Å². The molecule has 1 atom stereocenters. The van der Waals surface area contributed by atoms with Crippen LogP contribution in [0.2, 0.25) is 0 Å². The molecule has 134 valence electrons. The fraction of sp³-hybridized carbons (Fsp3) is 0.364. The summed E-state index contributed by atoms with van der Waals surface area (Å²) >= 11 is 0. The van der Waals surface area contributed by atoms with Gasteiger partial charge in [0.2, 0.25) is 0 Å². The molecule has 4 nitrogen and oxygen atoms in total. The SMILES string of the molecule is CC1CN(c2ccc(C=C3CCCN=C3c3cccnc3)cc2)CCN1. The maximum atomic E-state index is 4.77. The van der Waals surface area contributed by atoms with E-state index in [0.29, 0.717) is 6.04 Å². The van der Waals surface area contributed by atoms with Crippen LogP contribution in [-0.2, 0) is 0 Å². The highest BCUT2D eigenvalue weighted by Gasteiger charge is 2.16. The predicted molar refractivity (Wildman–Crippen MR) is 109 cm³/mol. The lowest BCUT2D eigenvalue weighted by Crippen LogP contribution is -2.49. The minimum Gasteiger partial charge on any atom is -0.369 e. The molecule has 1 unspecified atom stereocenters. The fourth-order valence-electron chi connectivity index (χ4n) is 3.75. The average Bonchev–Trinajstić information content (AvgIpc) is 2.70. The first kappa shape index (κ1) is 17.0. The highest BCUT2D eigenvalue weighted by molar-refractivity contribution is 6.15. The number of aliphatic imine (C=N–C) groups is 1. The number of hydrogen-bond donors (Lipinski definition) is 1. The molecule has 0 bridgehead atoms. The van der Waals surface area contributed by atoms with Gasteiger partial charge in [-0.25, -0.2) is 0 Å². The van der Waals surface area contributed by atoms with E-state index in [4.69, 9.17) is 4.99 Å². The Kier molecular flexibility index (Phi) is 5.12. The summed E-state index contributed by atoms with van der Waals surface area (Å²) in [4.78, 5) is 11.5. The van der Waals surface area contributed by atoms with Crippen molar-refractivity contribution >= 4 is 17.5 Å². The van der Waals surface area contributed by atoms with Gasteiger partial charge in [0.25, 0.3) is 0 Å². The number of allylic oxidation sites excluding steroid dienone is 1. The highest BCUT2D eigenvalue weighted by atomic mass is 15.2. The van der Waals surface area contributed by atoms with E-state index in [2.05, 4.69) is 58.5 Å². The molecule has 2 aliphatic heterocycles. The maximum Gasteiger partial charge on any atom is 0.0694 e. The smallest absolute Gasteiger partial charge is 0.0694 e. The van der Waals surface area contributed by atoms with Crippen LogP contribution in [0.15, 0.2) is 59.4 Å². The number of nitrogens with zero attached hydrogens (tertiary/aromatic N) is 3. The molecule has 2 aliphatic rings. The van der Waals surface area contributed by atoms with Crippen molar-refractivity contribution in [2.24, 2.45) is 4.99 Å². The number of nitrogens with one attached hydrogen (secondary N) is 1. The lowest BCUT2D eigenvalue weighted by Gasteiger charge is -2.33. The van der Waals surface area contributed by atoms with Gasteiger partial charge in [0.15, 0.2) is 0 Å². The summed E-state index contributed by atoms with van der Waals surface area (Å²) in [7, 11) is 0. The second kappa shape index (κ2) is 7.83. The first-order valence-electron chi connectivity index (χ1n) is 9.54. The molecule has 26 heavy (non-hydrogen) atoms. The zero-order chi connectivity index (χ0) is 17.8. The van der Waals surface area contributed by atoms with Gasteiger partial charge in [-0.1, -0.05) is 12.1 Å². The minimum atomic E-state index is 0.547. The summed E-state index contributed by atoms with van der Waals surface area (Å²) in [6.07, 6.45) is 8.20. The van der Waals surface area contributed by atoms with Crippen LogP contribution < -0.4 is 10.2 Å². The van der Waals surface area contributed by atoms with Crippen LogP contribution in [-0.4, -0.2) is 42.9 Å². The highest BCUT2D eigenvalue weighted by Crippen LogP contribution is 2.23. The third kappa shape index (κ3) is 3.86. The first-order valence-corrected chi connectivity index (χ1v) is 9.54. The summed E-state index contributed by atoms with van der Waals surface area (Å²) in [6.45, 7) is 6.34. The minimum absolute atomic E-state index is 0.547. The molecule has 1 aromatic carbocycles. The maximum absolute atomic E-state index is 4.77. The Balaban J connectivity index is 1.55. The Bertz CT molecular complexity index is 793. The van der Waals surface area contributed by atoms with Crippen LogP contribution in [0.3, 0.4) is 0 Å². The van der Waals surface area contributed by atoms with E-state index in [1.54, 1.807) is 0 Å². The molecule has 4 heteroatoms. The third-order valence-corrected chi connectivity index (χ3v) is 5.08. The van der Waals surface area contributed by atoms with E-state index >= 15 is 0 Å². The van der Waals surface area contributed by atoms with Gasteiger partial charge in [0.05, 0.1) is 5.71 Å². The van der Waals surface area contributed by atoms with Crippen LogP contribution >= 0.6 is 0 Å². The molecule has 0 aliphatic carbocycles. The molecular formula is C22H26N4. The van der Waals surface area contributed by atoms with Crippen molar-refractivity contribution in [3.8, 4) is 0 Å². The quantitative estimate of drug-likeness (QED) is 0.924. The van der Waals surface area contributed by atoms with E-state index in [0.717, 1.165) is 50.3 Å². The number of hydrogen-bond acceptors (Lipinski definition) is 4. The zero-order valence-corrected chi connectivity index (χ0v) is 15.4. The van der Waals surface area contributed by atoms with Gasteiger partial charge in [-0.05, 0) is 61.2 Å². The Labute approximate surface area is 155 Å². The number of piperazine rings is 1. The Morgan fingerprint density at radius 3 is 2.85 bits per heavy atom. The van der Waals surface area contributed by atoms with E-state index in [-0.39, 0.29) is 0 Å². The van der Waals surface area contributed by atoms with Gasteiger partial charge in [0.1, 0.15) is 0 Å². The molecule has 1 saturated heterocycles. The fourth-order valence-corrected chi connectivity index (χ4v) is 3.75. The van der Waals surface area contributed by atoms with E-state index < -0.39 is 0 Å². The molecule has 0 amide bonds. The molecule has 0 saturated carbocycles. The van der Waals surface area contributed by atoms with Gasteiger partial charge in [-0.2, -0.15) is 0 Å². The number of pyridine rings is 1. The lowest BCUT2D eigenvalue weighted by molar-refractivity contribution is 0.485. The Hall–Kier alpha value is -2.46. The molecular weight excluding hydrogens is 320 g/mol. The summed E-state index contributed by atoms with van der Waals surface area (Å²) in [5, 5.41) is 3.50. The van der Waals surface area contributed by atoms with Crippen LogP contribution in [0.4, 0.5) is 5.69 Å². The normalized spacial score (nSPS) is 22.3. The van der Waals surface area contributed by atoms with Gasteiger partial charge in [-0.15, -0.1) is 0 Å². The second-order valence-electron chi connectivity index (χ2n) is 7.14. The first-order chi connectivity index (χ1) is 12.8. The second-order valence-corrected chi connectivity index (χ2v) is 7.14. The van der Waals surface area contributed by atoms with Crippen molar-refractivity contribution < 1.29 is 0 Å². The van der Waals surface area contributed by atoms with Gasteiger partial charge < -0.3 is 10.2 Å². The lowest BCUT2D eigenvalue weighted by atomic mass is 9.95. The van der Waals surface area contributed by atoms with E-state index in [1.165, 1.54) is 16.8 Å². The topological polar surface area (TPSA) is 40.5 Å². The molecule has 1 N–H and O–H groups in total. The van der Waals surface area contributed by atoms with Crippen molar-refractivity contribution in [2.45, 2.75) is 25.8 Å². The zero-order valence-electron chi connectivity index (χ0n) is 15.4. The Morgan fingerprint density at radius 1 is 1.19 bits per heavy atom. The third-order valence-electron chi connectivity index (χ3n) is 5.08. The monoisotopic (exact) mass is 346 g/mol. The van der Waals surface area contributed by atoms with Crippen LogP contribution in [0.5, 0.6) is 0 Å². The number of rotatable bonds is 3. The summed E-state index contributed by atoms with van der Waals surface area (Å²) in [5.41, 5.74) is 6.08. The van der Waals surface area contributed by atoms with Gasteiger partial charge >= 0.3 is 0 Å². The van der Waals surface area contributed by atoms with Crippen LogP contribution in [0.25, 0.3) is 6.08 Å². The van der Waals surface area contributed by atoms with E-state index in [9.17, 15) is 0 Å². The molecule has 3 heterocycles. The molecule has 2 aromatic rings. The summed E-state index contributed by atoms with van der Waals surface area (Å²) in [6, 6.07) is 13.6. The van der Waals surface area contributed by atoms with Crippen molar-refractivity contribution in [1.29, 1.82) is 0 Å². The average molecular weight is 346 g/mol. The van der Waals surface area contributed by atoms with Gasteiger partial charge in [0, 0.05) is 55.9 Å². The van der Waals surface area contributed by atoms with Crippen LogP contribution in [0, 0.1) is 0 Å². The standard InChI is InChI=1S/C22H26N4/c1-17-16-26(13-12-24-17)21-8-6-18(7-9-21)14-19-4-3-11-25-22(19)20-5-2-10-23-15-20/h2,5-10,14-15,17,24H,3-4,11-13,16H2,1H3. The van der Waals surface area contributed by atoms with Crippen molar-refractivity contribution in [2.75, 3.05) is 31.1 Å². The molecule has 0 spiro atoms. The largest absolute Gasteiger partial charge is 0.369 e. The van der Waals surface area contributed by atoms with Crippen molar-refractivity contribution in [3.05, 3.63) is 65.5 Å². The summed E-state index contributed by atoms with van der Waals surface area (Å²) in [5.74, 6) is 0. The van der Waals surface area contributed by atoms with Crippen molar-refractivity contribution in [1.82, 2.24) is 10.3 Å². The Morgan fingerprint density at radius 2 is 2.08 bits per heavy atom. The number of aromatic nitrogens is 1. The molecule has 1 aromatic heterocycles. The van der Waals surface area contributed by atoms with Crippen LogP contribution in [0.1, 0.15) is 30.9 Å². The molecule has 4 rings (SSSR count).